The largest absolute Gasteiger partial charge is 0.354 e. The maximum atomic E-state index is 12.5. The van der Waals surface area contributed by atoms with E-state index in [4.69, 9.17) is 9.47 Å². The highest BCUT2D eigenvalue weighted by Gasteiger charge is 2.10. The molecule has 0 spiro atoms. The van der Waals surface area contributed by atoms with Gasteiger partial charge in [0.1, 0.15) is 11.5 Å². The van der Waals surface area contributed by atoms with E-state index >= 15 is 0 Å². The van der Waals surface area contributed by atoms with Crippen molar-refractivity contribution in [1.29, 1.82) is 0 Å². The fourth-order valence-corrected chi connectivity index (χ4v) is 1.04. The molecular weight excluding hydrogens is 215 g/mol. The number of ether oxygens (including phenoxy) is 2. The number of carbonyl (C=O) groups excluding carboxylic acids is 1. The molecule has 0 aliphatic rings. The molecule has 0 unspecified atom stereocenters. The molecule has 0 atom stereocenters. The van der Waals surface area contributed by atoms with Crippen LogP contribution in [0.4, 0.5) is 4.39 Å². The minimum absolute atomic E-state index is 0.146. The first-order valence-electron chi connectivity index (χ1n) is 4.62. The van der Waals surface area contributed by atoms with Crippen molar-refractivity contribution in [3.63, 3.8) is 0 Å². The Hall–Kier alpha value is -1.53. The number of pyridine rings is 1. The molecule has 1 heterocycles. The van der Waals surface area contributed by atoms with Gasteiger partial charge in [-0.3, -0.25) is 4.79 Å². The number of nitrogens with zero attached hydrogens (tertiary/aromatic N) is 1. The van der Waals surface area contributed by atoms with Crippen LogP contribution in [0.15, 0.2) is 18.3 Å². The second-order valence-electron chi connectivity index (χ2n) is 2.97. The fraction of sp³-hybridized carbons (Fsp3) is 0.400. The monoisotopic (exact) mass is 228 g/mol. The van der Waals surface area contributed by atoms with Crippen molar-refractivity contribution in [3.05, 3.63) is 29.8 Å². The third-order valence-corrected chi connectivity index (χ3v) is 1.92. The number of hydrogen-bond acceptors (Lipinski definition) is 4. The molecule has 0 saturated heterocycles. The lowest BCUT2D eigenvalue weighted by atomic mass is 10.3. The summed E-state index contributed by atoms with van der Waals surface area (Å²) in [5.41, 5.74) is 0.146. The van der Waals surface area contributed by atoms with E-state index in [1.165, 1.54) is 26.4 Å². The standard InChI is InChI=1S/C10H13FN2O3/c1-15-9(16-2)6-13-10(14)8-4-3-7(11)5-12-8/h3-5,9H,6H2,1-2H3,(H,13,14). The summed E-state index contributed by atoms with van der Waals surface area (Å²) in [6, 6.07) is 2.48. The number of halogens is 1. The van der Waals surface area contributed by atoms with Gasteiger partial charge in [0, 0.05) is 14.2 Å². The molecule has 88 valence electrons. The Kier molecular flexibility index (Phi) is 4.81. The van der Waals surface area contributed by atoms with Gasteiger partial charge in [-0.1, -0.05) is 0 Å². The summed E-state index contributed by atoms with van der Waals surface area (Å²) in [6.45, 7) is 0.199. The zero-order chi connectivity index (χ0) is 12.0. The average Bonchev–Trinajstić information content (AvgIpc) is 2.31. The first-order chi connectivity index (χ1) is 7.67. The summed E-state index contributed by atoms with van der Waals surface area (Å²) >= 11 is 0. The summed E-state index contributed by atoms with van der Waals surface area (Å²) in [7, 11) is 2.94. The van der Waals surface area contributed by atoms with Gasteiger partial charge < -0.3 is 14.8 Å². The lowest BCUT2D eigenvalue weighted by molar-refractivity contribution is -0.0974. The van der Waals surface area contributed by atoms with E-state index in [0.29, 0.717) is 0 Å². The Morgan fingerprint density at radius 1 is 1.50 bits per heavy atom. The molecule has 5 nitrogen and oxygen atoms in total. The van der Waals surface area contributed by atoms with Gasteiger partial charge in [0.05, 0.1) is 12.7 Å². The molecule has 0 aromatic carbocycles. The molecule has 0 radical (unpaired) electrons. The van der Waals surface area contributed by atoms with Crippen molar-refractivity contribution < 1.29 is 18.7 Å². The minimum Gasteiger partial charge on any atom is -0.354 e. The van der Waals surface area contributed by atoms with Crippen LogP contribution in [0.5, 0.6) is 0 Å². The van der Waals surface area contributed by atoms with E-state index in [1.54, 1.807) is 0 Å². The third-order valence-electron chi connectivity index (χ3n) is 1.92. The molecular formula is C10H13FN2O3. The molecule has 0 aliphatic carbocycles. The van der Waals surface area contributed by atoms with E-state index in [2.05, 4.69) is 10.3 Å². The number of rotatable bonds is 5. The van der Waals surface area contributed by atoms with Gasteiger partial charge in [0.15, 0.2) is 6.29 Å². The summed E-state index contributed by atoms with van der Waals surface area (Å²) in [6.07, 6.45) is 0.475. The zero-order valence-electron chi connectivity index (χ0n) is 9.07. The summed E-state index contributed by atoms with van der Waals surface area (Å²) in [5.74, 6) is -0.887. The molecule has 0 fully saturated rings. The van der Waals surface area contributed by atoms with Crippen molar-refractivity contribution in [2.45, 2.75) is 6.29 Å². The first kappa shape index (κ1) is 12.5. The molecule has 1 rings (SSSR count). The van der Waals surface area contributed by atoms with Crippen LogP contribution in [0.25, 0.3) is 0 Å². The Labute approximate surface area is 92.6 Å². The van der Waals surface area contributed by atoms with E-state index in [1.807, 2.05) is 0 Å². The average molecular weight is 228 g/mol. The topological polar surface area (TPSA) is 60.5 Å². The van der Waals surface area contributed by atoms with Gasteiger partial charge in [-0.2, -0.15) is 0 Å². The van der Waals surface area contributed by atoms with Crippen LogP contribution >= 0.6 is 0 Å². The number of amides is 1. The minimum atomic E-state index is -0.510. The number of aromatic nitrogens is 1. The summed E-state index contributed by atoms with van der Waals surface area (Å²) in [4.78, 5) is 15.1. The molecule has 6 heteroatoms. The fourth-order valence-electron chi connectivity index (χ4n) is 1.04. The van der Waals surface area contributed by atoms with Crippen LogP contribution in [-0.2, 0) is 9.47 Å². The number of methoxy groups -OCH3 is 2. The number of hydrogen-bond donors (Lipinski definition) is 1. The maximum Gasteiger partial charge on any atom is 0.270 e. The van der Waals surface area contributed by atoms with E-state index in [0.717, 1.165) is 6.20 Å². The third kappa shape index (κ3) is 3.56. The lowest BCUT2D eigenvalue weighted by Gasteiger charge is -2.13. The van der Waals surface area contributed by atoms with Crippen molar-refractivity contribution in [1.82, 2.24) is 10.3 Å². The number of carbonyl (C=O) groups is 1. The van der Waals surface area contributed by atoms with Gasteiger partial charge in [-0.05, 0) is 12.1 Å². The van der Waals surface area contributed by atoms with Crippen LogP contribution in [-0.4, -0.2) is 37.9 Å². The van der Waals surface area contributed by atoms with Gasteiger partial charge in [0.2, 0.25) is 0 Å². The maximum absolute atomic E-state index is 12.5. The molecule has 0 aliphatic heterocycles. The molecule has 1 N–H and O–H groups in total. The highest BCUT2D eigenvalue weighted by Crippen LogP contribution is 1.98. The van der Waals surface area contributed by atoms with Crippen LogP contribution in [0.3, 0.4) is 0 Å². The first-order valence-corrected chi connectivity index (χ1v) is 4.62. The normalized spacial score (nSPS) is 10.5. The Morgan fingerprint density at radius 2 is 2.19 bits per heavy atom. The van der Waals surface area contributed by atoms with Crippen molar-refractivity contribution >= 4 is 5.91 Å². The molecule has 0 saturated carbocycles. The second-order valence-corrected chi connectivity index (χ2v) is 2.97. The summed E-state index contributed by atoms with van der Waals surface area (Å²) in [5, 5.41) is 2.55. The Morgan fingerprint density at radius 3 is 2.69 bits per heavy atom. The smallest absolute Gasteiger partial charge is 0.270 e. The Bertz CT molecular complexity index is 338. The molecule has 1 amide bonds. The van der Waals surface area contributed by atoms with Crippen LogP contribution in [0, 0.1) is 5.82 Å². The van der Waals surface area contributed by atoms with Crippen LogP contribution in [0.1, 0.15) is 10.5 Å². The van der Waals surface area contributed by atoms with Crippen molar-refractivity contribution in [2.24, 2.45) is 0 Å². The quantitative estimate of drug-likeness (QED) is 0.748. The zero-order valence-corrected chi connectivity index (χ0v) is 9.07. The predicted octanol–water partition coefficient (Wildman–Crippen LogP) is 0.569. The highest BCUT2D eigenvalue weighted by atomic mass is 19.1. The predicted molar refractivity (Wildman–Crippen MR) is 54.3 cm³/mol. The second kappa shape index (κ2) is 6.14. The molecule has 0 bridgehead atoms. The molecule has 1 aromatic heterocycles. The van der Waals surface area contributed by atoms with Gasteiger partial charge in [-0.25, -0.2) is 9.37 Å². The van der Waals surface area contributed by atoms with E-state index in [-0.39, 0.29) is 12.2 Å². The van der Waals surface area contributed by atoms with Gasteiger partial charge >= 0.3 is 0 Å². The van der Waals surface area contributed by atoms with Crippen LogP contribution in [0.2, 0.25) is 0 Å². The lowest BCUT2D eigenvalue weighted by Crippen LogP contribution is -2.34. The Balaban J connectivity index is 2.49. The van der Waals surface area contributed by atoms with Crippen molar-refractivity contribution in [2.75, 3.05) is 20.8 Å². The summed E-state index contributed by atoms with van der Waals surface area (Å²) < 4.78 is 22.3. The van der Waals surface area contributed by atoms with Crippen LogP contribution < -0.4 is 5.32 Å². The molecule has 1 aromatic rings. The van der Waals surface area contributed by atoms with E-state index < -0.39 is 18.0 Å². The number of nitrogens with one attached hydrogen (secondary N) is 1. The highest BCUT2D eigenvalue weighted by molar-refractivity contribution is 5.92. The van der Waals surface area contributed by atoms with E-state index in [9.17, 15) is 9.18 Å². The molecule has 16 heavy (non-hydrogen) atoms. The van der Waals surface area contributed by atoms with Crippen molar-refractivity contribution in [3.8, 4) is 0 Å². The SMILES string of the molecule is COC(CNC(=O)c1ccc(F)cn1)OC. The van der Waals surface area contributed by atoms with Gasteiger partial charge in [0.25, 0.3) is 5.91 Å². The van der Waals surface area contributed by atoms with Gasteiger partial charge in [-0.15, -0.1) is 0 Å².